The first-order valence-corrected chi connectivity index (χ1v) is 2.84. The smallest absolute Gasteiger partial charge is 0.332 e. The van der Waals surface area contributed by atoms with Crippen molar-refractivity contribution in [3.05, 3.63) is 0 Å². The van der Waals surface area contributed by atoms with Gasteiger partial charge in [0.1, 0.15) is 6.23 Å². The normalized spacial score (nSPS) is 34.8. The Morgan fingerprint density at radius 2 is 2.33 bits per heavy atom. The zero-order valence-corrected chi connectivity index (χ0v) is 4.91. The van der Waals surface area contributed by atoms with Gasteiger partial charge in [0.05, 0.1) is 0 Å². The number of aliphatic carboxylic acids is 1. The lowest BCUT2D eigenvalue weighted by atomic mass is 10.2. The number of carboxylic acid groups (broad SMARTS) is 1. The van der Waals surface area contributed by atoms with E-state index in [1.807, 2.05) is 0 Å². The molecule has 0 radical (unpaired) electrons. The molecule has 0 aromatic heterocycles. The van der Waals surface area contributed by atoms with Gasteiger partial charge in [-0.1, -0.05) is 0 Å². The Labute approximate surface area is 52.6 Å². The van der Waals surface area contributed by atoms with E-state index in [4.69, 9.17) is 15.6 Å². The van der Waals surface area contributed by atoms with Gasteiger partial charge in [0, 0.05) is 0 Å². The minimum absolute atomic E-state index is 0.369. The number of hydrogen-bond donors (Lipinski definition) is 2. The Bertz CT molecular complexity index is 125. The molecule has 1 unspecified atom stereocenters. The van der Waals surface area contributed by atoms with E-state index in [2.05, 4.69) is 0 Å². The molecule has 0 aliphatic carbocycles. The fourth-order valence-corrected chi connectivity index (χ4v) is 0.844. The fourth-order valence-electron chi connectivity index (χ4n) is 0.844. The summed E-state index contributed by atoms with van der Waals surface area (Å²) in [6.07, 6.45) is 0.152. The molecule has 0 aromatic carbocycles. The lowest BCUT2D eigenvalue weighted by Crippen LogP contribution is -2.24. The lowest BCUT2D eigenvalue weighted by molar-refractivity contribution is -0.149. The predicted octanol–water partition coefficient (Wildman–Crippen LogP) is -0.465. The van der Waals surface area contributed by atoms with Gasteiger partial charge in [-0.25, -0.2) is 4.79 Å². The highest BCUT2D eigenvalue weighted by Gasteiger charge is 2.27. The Hall–Kier alpha value is -0.610. The summed E-state index contributed by atoms with van der Waals surface area (Å²) in [4.78, 5) is 10.2. The predicted molar refractivity (Wildman–Crippen MR) is 29.7 cm³/mol. The molecule has 0 aromatic rings. The Balaban J connectivity index is 2.39. The molecule has 1 aliphatic rings. The molecule has 4 heteroatoms. The van der Waals surface area contributed by atoms with Crippen LogP contribution in [0.2, 0.25) is 0 Å². The van der Waals surface area contributed by atoms with Crippen molar-refractivity contribution in [2.45, 2.75) is 25.2 Å². The van der Waals surface area contributed by atoms with Crippen LogP contribution in [0.25, 0.3) is 0 Å². The van der Waals surface area contributed by atoms with E-state index in [0.717, 1.165) is 0 Å². The van der Waals surface area contributed by atoms with Gasteiger partial charge in [-0.15, -0.1) is 0 Å². The van der Waals surface area contributed by atoms with Crippen LogP contribution in [0, 0.1) is 0 Å². The molecule has 0 amide bonds. The van der Waals surface area contributed by atoms with Gasteiger partial charge in [0.2, 0.25) is 0 Å². The Morgan fingerprint density at radius 1 is 1.67 bits per heavy atom. The number of ether oxygens (including phenoxy) is 1. The maximum atomic E-state index is 10.2. The van der Waals surface area contributed by atoms with Crippen LogP contribution in [-0.2, 0) is 9.53 Å². The van der Waals surface area contributed by atoms with Crippen LogP contribution in [0.4, 0.5) is 0 Å². The maximum Gasteiger partial charge on any atom is 0.332 e. The minimum atomic E-state index is -0.914. The van der Waals surface area contributed by atoms with Gasteiger partial charge < -0.3 is 15.6 Å². The summed E-state index contributed by atoms with van der Waals surface area (Å²) in [6, 6.07) is 0. The third-order valence-electron chi connectivity index (χ3n) is 1.33. The van der Waals surface area contributed by atoms with E-state index < -0.39 is 12.1 Å². The molecule has 0 saturated carbocycles. The molecule has 1 saturated heterocycles. The minimum Gasteiger partial charge on any atom is -0.479 e. The number of nitrogens with two attached hydrogens (primary N) is 1. The topological polar surface area (TPSA) is 72.6 Å². The van der Waals surface area contributed by atoms with Crippen molar-refractivity contribution >= 4 is 5.97 Å². The van der Waals surface area contributed by atoms with E-state index in [1.165, 1.54) is 0 Å². The molecule has 4 nitrogen and oxygen atoms in total. The Kier molecular flexibility index (Phi) is 1.68. The van der Waals surface area contributed by atoms with Gasteiger partial charge in [-0.05, 0) is 12.8 Å². The monoisotopic (exact) mass is 131 g/mol. The lowest BCUT2D eigenvalue weighted by Gasteiger charge is -2.03. The number of carbonyl (C=O) groups is 1. The molecule has 2 atom stereocenters. The molecule has 1 heterocycles. The summed E-state index contributed by atoms with van der Waals surface area (Å²) in [5.74, 6) is -0.914. The van der Waals surface area contributed by atoms with Crippen LogP contribution >= 0.6 is 0 Å². The third-order valence-corrected chi connectivity index (χ3v) is 1.33. The van der Waals surface area contributed by atoms with E-state index in [0.29, 0.717) is 12.8 Å². The second-order valence-corrected chi connectivity index (χ2v) is 2.08. The first-order valence-electron chi connectivity index (χ1n) is 2.84. The van der Waals surface area contributed by atoms with Gasteiger partial charge in [-0.2, -0.15) is 0 Å². The van der Waals surface area contributed by atoms with Crippen molar-refractivity contribution in [3.8, 4) is 0 Å². The molecule has 52 valence electrons. The summed E-state index contributed by atoms with van der Waals surface area (Å²) >= 11 is 0. The number of hydrogen-bond acceptors (Lipinski definition) is 3. The summed E-state index contributed by atoms with van der Waals surface area (Å²) < 4.78 is 4.80. The summed E-state index contributed by atoms with van der Waals surface area (Å²) in [7, 11) is 0. The third kappa shape index (κ3) is 1.40. The van der Waals surface area contributed by atoms with E-state index >= 15 is 0 Å². The van der Waals surface area contributed by atoms with Gasteiger partial charge in [0.15, 0.2) is 6.10 Å². The van der Waals surface area contributed by atoms with Crippen molar-refractivity contribution in [1.29, 1.82) is 0 Å². The number of carboxylic acids is 1. The van der Waals surface area contributed by atoms with Crippen LogP contribution in [-0.4, -0.2) is 23.4 Å². The Morgan fingerprint density at radius 3 is 2.56 bits per heavy atom. The maximum absolute atomic E-state index is 10.2. The van der Waals surface area contributed by atoms with E-state index in [1.54, 1.807) is 0 Å². The van der Waals surface area contributed by atoms with Crippen LogP contribution < -0.4 is 5.73 Å². The number of rotatable bonds is 1. The van der Waals surface area contributed by atoms with Crippen molar-refractivity contribution < 1.29 is 14.6 Å². The highest BCUT2D eigenvalue weighted by atomic mass is 16.5. The van der Waals surface area contributed by atoms with Crippen LogP contribution in [0.5, 0.6) is 0 Å². The fraction of sp³-hybridized carbons (Fsp3) is 0.800. The SMILES string of the molecule is N[C@@H]1CCC(C(=O)O)O1. The standard InChI is InChI=1S/C5H9NO3/c6-4-2-1-3(9-4)5(7)8/h3-4H,1-2,6H2,(H,7,8)/t3?,4-/m0/s1. The summed E-state index contributed by atoms with van der Waals surface area (Å²) in [5.41, 5.74) is 5.28. The first-order chi connectivity index (χ1) is 4.20. The van der Waals surface area contributed by atoms with Crippen molar-refractivity contribution in [2.24, 2.45) is 5.73 Å². The van der Waals surface area contributed by atoms with Crippen molar-refractivity contribution in [3.63, 3.8) is 0 Å². The molecular formula is C5H9NO3. The van der Waals surface area contributed by atoms with Gasteiger partial charge >= 0.3 is 5.97 Å². The average molecular weight is 131 g/mol. The first kappa shape index (κ1) is 6.51. The zero-order chi connectivity index (χ0) is 6.85. The molecule has 3 N–H and O–H groups in total. The second-order valence-electron chi connectivity index (χ2n) is 2.08. The molecule has 1 aliphatic heterocycles. The molecule has 0 bridgehead atoms. The van der Waals surface area contributed by atoms with E-state index in [9.17, 15) is 4.79 Å². The average Bonchev–Trinajstić information content (AvgIpc) is 2.14. The quantitative estimate of drug-likeness (QED) is 0.504. The van der Waals surface area contributed by atoms with Crippen LogP contribution in [0.1, 0.15) is 12.8 Å². The highest BCUT2D eigenvalue weighted by Crippen LogP contribution is 2.15. The molecule has 1 fully saturated rings. The molecule has 0 spiro atoms. The van der Waals surface area contributed by atoms with Crippen LogP contribution in [0.3, 0.4) is 0 Å². The highest BCUT2D eigenvalue weighted by molar-refractivity contribution is 5.72. The van der Waals surface area contributed by atoms with Gasteiger partial charge in [-0.3, -0.25) is 0 Å². The van der Waals surface area contributed by atoms with Crippen molar-refractivity contribution in [2.75, 3.05) is 0 Å². The van der Waals surface area contributed by atoms with E-state index in [-0.39, 0.29) is 6.23 Å². The summed E-state index contributed by atoms with van der Waals surface area (Å²) in [5, 5.41) is 8.35. The molecular weight excluding hydrogens is 122 g/mol. The molecule has 9 heavy (non-hydrogen) atoms. The van der Waals surface area contributed by atoms with Gasteiger partial charge in [0.25, 0.3) is 0 Å². The zero-order valence-electron chi connectivity index (χ0n) is 4.91. The second kappa shape index (κ2) is 2.33. The summed E-state index contributed by atoms with van der Waals surface area (Å²) in [6.45, 7) is 0. The largest absolute Gasteiger partial charge is 0.479 e. The van der Waals surface area contributed by atoms with Crippen LogP contribution in [0.15, 0.2) is 0 Å². The molecule has 1 rings (SSSR count). The van der Waals surface area contributed by atoms with Crippen molar-refractivity contribution in [1.82, 2.24) is 0 Å².